The summed E-state index contributed by atoms with van der Waals surface area (Å²) in [4.78, 5) is 14.3. The van der Waals surface area contributed by atoms with Crippen LogP contribution in [0.4, 0.5) is 4.39 Å². The molecule has 0 radical (unpaired) electrons. The van der Waals surface area contributed by atoms with Crippen molar-refractivity contribution >= 4 is 17.1 Å². The minimum atomic E-state index is -0.438. The van der Waals surface area contributed by atoms with Gasteiger partial charge in [0.05, 0.1) is 12.0 Å². The maximum atomic E-state index is 14.0. The van der Waals surface area contributed by atoms with E-state index < -0.39 is 5.82 Å². The molecule has 3 rings (SSSR count). The molecule has 0 bridgehead atoms. The van der Waals surface area contributed by atoms with Crippen LogP contribution in [-0.2, 0) is 19.3 Å². The molecular formula is C16H15FO2S. The molecule has 2 aromatic rings. The van der Waals surface area contributed by atoms with Crippen LogP contribution >= 0.6 is 11.3 Å². The van der Waals surface area contributed by atoms with E-state index in [1.54, 1.807) is 29.5 Å². The Hall–Kier alpha value is -1.68. The van der Waals surface area contributed by atoms with Crippen molar-refractivity contribution in [1.29, 1.82) is 0 Å². The molecular weight excluding hydrogens is 275 g/mol. The van der Waals surface area contributed by atoms with Crippen molar-refractivity contribution in [3.8, 4) is 5.75 Å². The SMILES string of the molecule is COc1cccc(CC(=O)c2cc3c(s2)CCC3)c1F. The summed E-state index contributed by atoms with van der Waals surface area (Å²) < 4.78 is 19.0. The highest BCUT2D eigenvalue weighted by Gasteiger charge is 2.20. The summed E-state index contributed by atoms with van der Waals surface area (Å²) in [5.41, 5.74) is 1.69. The number of hydrogen-bond donors (Lipinski definition) is 0. The molecule has 0 unspecified atom stereocenters. The molecule has 1 aliphatic carbocycles. The van der Waals surface area contributed by atoms with Gasteiger partial charge in [-0.3, -0.25) is 4.79 Å². The van der Waals surface area contributed by atoms with Crippen LogP contribution in [0.25, 0.3) is 0 Å². The van der Waals surface area contributed by atoms with Crippen molar-refractivity contribution < 1.29 is 13.9 Å². The van der Waals surface area contributed by atoms with Crippen molar-refractivity contribution in [1.82, 2.24) is 0 Å². The zero-order chi connectivity index (χ0) is 14.1. The molecule has 0 fully saturated rings. The van der Waals surface area contributed by atoms with Crippen LogP contribution < -0.4 is 4.74 Å². The summed E-state index contributed by atoms with van der Waals surface area (Å²) in [6.07, 6.45) is 3.40. The Morgan fingerprint density at radius 2 is 2.25 bits per heavy atom. The molecule has 0 N–H and O–H groups in total. The number of fused-ring (bicyclic) bond motifs is 1. The van der Waals surface area contributed by atoms with E-state index in [4.69, 9.17) is 4.74 Å². The molecule has 4 heteroatoms. The number of rotatable bonds is 4. The standard InChI is InChI=1S/C16H15FO2S/c1-19-13-6-2-5-11(16(13)17)8-12(18)15-9-10-4-3-7-14(10)20-15/h2,5-6,9H,3-4,7-8H2,1H3. The van der Waals surface area contributed by atoms with Gasteiger partial charge in [-0.2, -0.15) is 0 Å². The van der Waals surface area contributed by atoms with Gasteiger partial charge in [0.1, 0.15) is 0 Å². The normalized spacial score (nSPS) is 13.3. The van der Waals surface area contributed by atoms with E-state index in [9.17, 15) is 9.18 Å². The molecule has 0 aliphatic heterocycles. The Morgan fingerprint density at radius 1 is 1.40 bits per heavy atom. The second kappa shape index (κ2) is 5.37. The maximum absolute atomic E-state index is 14.0. The van der Waals surface area contributed by atoms with E-state index in [-0.39, 0.29) is 18.0 Å². The van der Waals surface area contributed by atoms with Crippen molar-refractivity contribution in [2.24, 2.45) is 0 Å². The fourth-order valence-corrected chi connectivity index (χ4v) is 3.77. The van der Waals surface area contributed by atoms with Crippen LogP contribution in [0, 0.1) is 5.82 Å². The zero-order valence-corrected chi connectivity index (χ0v) is 12.1. The van der Waals surface area contributed by atoms with E-state index >= 15 is 0 Å². The topological polar surface area (TPSA) is 26.3 Å². The van der Waals surface area contributed by atoms with Gasteiger partial charge in [-0.05, 0) is 42.5 Å². The van der Waals surface area contributed by atoms with Crippen LogP contribution in [0.5, 0.6) is 5.75 Å². The van der Waals surface area contributed by atoms with Crippen LogP contribution in [0.3, 0.4) is 0 Å². The van der Waals surface area contributed by atoms with Crippen molar-refractivity contribution in [2.45, 2.75) is 25.7 Å². The number of halogens is 1. The third-order valence-electron chi connectivity index (χ3n) is 3.64. The molecule has 1 aromatic heterocycles. The number of methoxy groups -OCH3 is 1. The largest absolute Gasteiger partial charge is 0.494 e. The first-order chi connectivity index (χ1) is 9.69. The van der Waals surface area contributed by atoms with E-state index in [1.165, 1.54) is 24.0 Å². The smallest absolute Gasteiger partial charge is 0.177 e. The summed E-state index contributed by atoms with van der Waals surface area (Å²) in [5, 5.41) is 0. The van der Waals surface area contributed by atoms with Gasteiger partial charge in [0.25, 0.3) is 0 Å². The fraction of sp³-hybridized carbons (Fsp3) is 0.312. The number of ketones is 1. The summed E-state index contributed by atoms with van der Waals surface area (Å²) in [7, 11) is 1.42. The lowest BCUT2D eigenvalue weighted by atomic mass is 10.1. The van der Waals surface area contributed by atoms with Crippen LogP contribution in [0.15, 0.2) is 24.3 Å². The molecule has 2 nitrogen and oxygen atoms in total. The number of carbonyl (C=O) groups is 1. The lowest BCUT2D eigenvalue weighted by Crippen LogP contribution is -2.04. The fourth-order valence-electron chi connectivity index (χ4n) is 2.58. The number of thiophene rings is 1. The van der Waals surface area contributed by atoms with Crippen LogP contribution in [0.1, 0.15) is 32.1 Å². The summed E-state index contributed by atoms with van der Waals surface area (Å²) in [5.74, 6) is -0.270. The molecule has 104 valence electrons. The van der Waals surface area contributed by atoms with Crippen molar-refractivity contribution in [2.75, 3.05) is 7.11 Å². The highest BCUT2D eigenvalue weighted by atomic mass is 32.1. The average Bonchev–Trinajstić information content (AvgIpc) is 3.02. The summed E-state index contributed by atoms with van der Waals surface area (Å²) in [6.45, 7) is 0. The Labute approximate surface area is 121 Å². The second-order valence-electron chi connectivity index (χ2n) is 4.95. The zero-order valence-electron chi connectivity index (χ0n) is 11.2. The Bertz CT molecular complexity index is 639. The van der Waals surface area contributed by atoms with Crippen molar-refractivity contribution in [3.63, 3.8) is 0 Å². The highest BCUT2D eigenvalue weighted by Crippen LogP contribution is 2.31. The van der Waals surface area contributed by atoms with Gasteiger partial charge in [0.2, 0.25) is 0 Å². The van der Waals surface area contributed by atoms with Gasteiger partial charge in [-0.1, -0.05) is 12.1 Å². The maximum Gasteiger partial charge on any atom is 0.177 e. The third-order valence-corrected chi connectivity index (χ3v) is 4.91. The van der Waals surface area contributed by atoms with Crippen molar-refractivity contribution in [3.05, 3.63) is 51.0 Å². The molecule has 1 aliphatic rings. The molecule has 0 atom stereocenters. The van der Waals surface area contributed by atoms with E-state index in [0.29, 0.717) is 5.56 Å². The number of ether oxygens (including phenoxy) is 1. The predicted octanol–water partition coefficient (Wildman–Crippen LogP) is 3.81. The van der Waals surface area contributed by atoms with Crippen LogP contribution in [0.2, 0.25) is 0 Å². The monoisotopic (exact) mass is 290 g/mol. The first-order valence-corrected chi connectivity index (χ1v) is 7.47. The van der Waals surface area contributed by atoms with E-state index in [1.807, 2.05) is 6.07 Å². The summed E-state index contributed by atoms with van der Waals surface area (Å²) in [6, 6.07) is 6.88. The van der Waals surface area contributed by atoms with Gasteiger partial charge < -0.3 is 4.74 Å². The molecule has 0 spiro atoms. The highest BCUT2D eigenvalue weighted by molar-refractivity contribution is 7.14. The van der Waals surface area contributed by atoms with Gasteiger partial charge in [-0.15, -0.1) is 11.3 Å². The first kappa shape index (κ1) is 13.3. The number of Topliss-reactive ketones (excluding diaryl/α,β-unsaturated/α-hetero) is 1. The third kappa shape index (κ3) is 2.36. The number of hydrogen-bond acceptors (Lipinski definition) is 3. The number of aryl methyl sites for hydroxylation is 2. The number of benzene rings is 1. The lowest BCUT2D eigenvalue weighted by Gasteiger charge is -2.06. The van der Waals surface area contributed by atoms with Gasteiger partial charge in [-0.25, -0.2) is 4.39 Å². The molecule has 0 saturated carbocycles. The quantitative estimate of drug-likeness (QED) is 0.800. The predicted molar refractivity (Wildman–Crippen MR) is 77.3 cm³/mol. The summed E-state index contributed by atoms with van der Waals surface area (Å²) >= 11 is 1.56. The van der Waals surface area contributed by atoms with Gasteiger partial charge in [0, 0.05) is 11.3 Å². The molecule has 0 saturated heterocycles. The Morgan fingerprint density at radius 3 is 3.00 bits per heavy atom. The molecule has 1 aromatic carbocycles. The first-order valence-electron chi connectivity index (χ1n) is 6.65. The molecule has 1 heterocycles. The second-order valence-corrected chi connectivity index (χ2v) is 6.08. The van der Waals surface area contributed by atoms with Crippen LogP contribution in [-0.4, -0.2) is 12.9 Å². The molecule has 0 amide bonds. The van der Waals surface area contributed by atoms with Gasteiger partial charge >= 0.3 is 0 Å². The minimum Gasteiger partial charge on any atom is -0.494 e. The number of carbonyl (C=O) groups excluding carboxylic acids is 1. The van der Waals surface area contributed by atoms with E-state index in [0.717, 1.165) is 17.7 Å². The Kier molecular flexibility index (Phi) is 3.57. The lowest BCUT2D eigenvalue weighted by molar-refractivity contribution is 0.0995. The Balaban J connectivity index is 1.82. The van der Waals surface area contributed by atoms with E-state index in [2.05, 4.69) is 0 Å². The molecule has 20 heavy (non-hydrogen) atoms. The van der Waals surface area contributed by atoms with Gasteiger partial charge in [0.15, 0.2) is 17.3 Å². The average molecular weight is 290 g/mol. The minimum absolute atomic E-state index is 0.0171.